The predicted molar refractivity (Wildman–Crippen MR) is 61.3 cm³/mol. The van der Waals surface area contributed by atoms with Gasteiger partial charge in [-0.1, -0.05) is 17.3 Å². The Morgan fingerprint density at radius 1 is 1.39 bits per heavy atom. The van der Waals surface area contributed by atoms with Crippen molar-refractivity contribution in [3.63, 3.8) is 0 Å². The summed E-state index contributed by atoms with van der Waals surface area (Å²) < 4.78 is 33.6. The lowest BCUT2D eigenvalue weighted by atomic mass is 10.1. The number of benzene rings is 1. The molecule has 0 aliphatic rings. The number of rotatable bonds is 5. The van der Waals surface area contributed by atoms with Crippen LogP contribution in [0.4, 0.5) is 8.78 Å². The maximum Gasteiger partial charge on any atom is 0.387 e. The molecule has 2 aromatic rings. The number of halogens is 2. The van der Waals surface area contributed by atoms with Gasteiger partial charge in [-0.05, 0) is 19.2 Å². The lowest BCUT2D eigenvalue weighted by molar-refractivity contribution is -0.0498. The summed E-state index contributed by atoms with van der Waals surface area (Å²) in [5.74, 6) is 0.606. The molecule has 0 aliphatic carbocycles. The van der Waals surface area contributed by atoms with E-state index in [9.17, 15) is 8.78 Å². The Bertz CT molecular complexity index is 514. The molecule has 0 bridgehead atoms. The number of ether oxygens (including phenoxy) is 1. The fraction of sp³-hybridized carbons (Fsp3) is 0.250. The zero-order valence-corrected chi connectivity index (χ0v) is 9.69. The summed E-state index contributed by atoms with van der Waals surface area (Å²) in [7, 11) is 1.80. The van der Waals surface area contributed by atoms with Crippen molar-refractivity contribution in [2.24, 2.45) is 0 Å². The van der Waals surface area contributed by atoms with Crippen LogP contribution in [0.5, 0.6) is 5.75 Å². The zero-order chi connectivity index (χ0) is 13.0. The van der Waals surface area contributed by atoms with Crippen LogP contribution in [-0.2, 0) is 6.54 Å². The van der Waals surface area contributed by atoms with Gasteiger partial charge < -0.3 is 14.6 Å². The van der Waals surface area contributed by atoms with Crippen LogP contribution in [-0.4, -0.2) is 18.8 Å². The average Bonchev–Trinajstić information content (AvgIpc) is 2.78. The molecule has 0 amide bonds. The van der Waals surface area contributed by atoms with E-state index >= 15 is 0 Å². The topological polar surface area (TPSA) is 47.3 Å². The molecule has 0 saturated heterocycles. The second kappa shape index (κ2) is 5.59. The first-order chi connectivity index (χ1) is 8.69. The molecule has 0 saturated carbocycles. The molecular formula is C12H12F2N2O2. The first-order valence-corrected chi connectivity index (χ1v) is 5.34. The van der Waals surface area contributed by atoms with Crippen LogP contribution in [0.2, 0.25) is 0 Å². The van der Waals surface area contributed by atoms with Crippen molar-refractivity contribution in [1.82, 2.24) is 10.5 Å². The molecule has 0 aliphatic heterocycles. The summed E-state index contributed by atoms with van der Waals surface area (Å²) in [6.07, 6.45) is 0. The van der Waals surface area contributed by atoms with Crippen LogP contribution in [0.15, 0.2) is 34.9 Å². The molecule has 0 atom stereocenters. The second-order valence-corrected chi connectivity index (χ2v) is 3.62. The van der Waals surface area contributed by atoms with E-state index in [1.165, 1.54) is 12.1 Å². The highest BCUT2D eigenvalue weighted by Gasteiger charge is 2.09. The molecule has 96 valence electrons. The third-order valence-electron chi connectivity index (χ3n) is 2.26. The smallest absolute Gasteiger partial charge is 0.387 e. The fourth-order valence-corrected chi connectivity index (χ4v) is 1.54. The first kappa shape index (κ1) is 12.5. The molecule has 0 spiro atoms. The highest BCUT2D eigenvalue weighted by Crippen LogP contribution is 2.25. The average molecular weight is 254 g/mol. The molecule has 1 heterocycles. The predicted octanol–water partition coefficient (Wildman–Crippen LogP) is 2.66. The molecule has 0 unspecified atom stereocenters. The van der Waals surface area contributed by atoms with E-state index in [1.54, 1.807) is 25.2 Å². The van der Waals surface area contributed by atoms with Gasteiger partial charge in [0.2, 0.25) is 0 Å². The van der Waals surface area contributed by atoms with Crippen molar-refractivity contribution in [3.8, 4) is 17.1 Å². The molecule has 1 N–H and O–H groups in total. The van der Waals surface area contributed by atoms with Crippen molar-refractivity contribution in [2.75, 3.05) is 7.05 Å². The standard InChI is InChI=1S/C12H12F2N2O2/c1-15-7-9-6-11(18-16-9)8-3-2-4-10(5-8)17-12(13)14/h2-6,12,15H,7H2,1H3. The molecular weight excluding hydrogens is 242 g/mol. The molecule has 0 fully saturated rings. The lowest BCUT2D eigenvalue weighted by Crippen LogP contribution is -2.04. The van der Waals surface area contributed by atoms with Crippen molar-refractivity contribution in [2.45, 2.75) is 13.2 Å². The van der Waals surface area contributed by atoms with Crippen molar-refractivity contribution in [1.29, 1.82) is 0 Å². The highest BCUT2D eigenvalue weighted by atomic mass is 19.3. The Morgan fingerprint density at radius 3 is 2.94 bits per heavy atom. The molecule has 18 heavy (non-hydrogen) atoms. The molecule has 4 nitrogen and oxygen atoms in total. The monoisotopic (exact) mass is 254 g/mol. The molecule has 1 aromatic carbocycles. The van der Waals surface area contributed by atoms with Crippen LogP contribution in [0.3, 0.4) is 0 Å². The van der Waals surface area contributed by atoms with Crippen molar-refractivity contribution < 1.29 is 18.0 Å². The Balaban J connectivity index is 2.21. The molecule has 2 rings (SSSR count). The Morgan fingerprint density at radius 2 is 2.22 bits per heavy atom. The van der Waals surface area contributed by atoms with E-state index in [1.807, 2.05) is 0 Å². The summed E-state index contributed by atoms with van der Waals surface area (Å²) >= 11 is 0. The highest BCUT2D eigenvalue weighted by molar-refractivity contribution is 5.59. The summed E-state index contributed by atoms with van der Waals surface area (Å²) in [4.78, 5) is 0. The van der Waals surface area contributed by atoms with Crippen LogP contribution >= 0.6 is 0 Å². The SMILES string of the molecule is CNCc1cc(-c2cccc(OC(F)F)c2)on1. The minimum Gasteiger partial charge on any atom is -0.435 e. The molecule has 0 radical (unpaired) electrons. The second-order valence-electron chi connectivity index (χ2n) is 3.62. The van der Waals surface area contributed by atoms with Gasteiger partial charge in [0.15, 0.2) is 5.76 Å². The van der Waals surface area contributed by atoms with Crippen molar-refractivity contribution in [3.05, 3.63) is 36.0 Å². The number of hydrogen-bond acceptors (Lipinski definition) is 4. The largest absolute Gasteiger partial charge is 0.435 e. The number of alkyl halides is 2. The van der Waals surface area contributed by atoms with Gasteiger partial charge >= 0.3 is 6.61 Å². The van der Waals surface area contributed by atoms with E-state index in [0.717, 1.165) is 5.69 Å². The van der Waals surface area contributed by atoms with Crippen molar-refractivity contribution >= 4 is 0 Å². The van der Waals surface area contributed by atoms with Gasteiger partial charge in [-0.3, -0.25) is 0 Å². The van der Waals surface area contributed by atoms with Gasteiger partial charge in [0.05, 0.1) is 5.69 Å². The number of aromatic nitrogens is 1. The van der Waals surface area contributed by atoms with Gasteiger partial charge in [-0.25, -0.2) is 0 Å². The minimum atomic E-state index is -2.84. The maximum atomic E-state index is 12.1. The van der Waals surface area contributed by atoms with Crippen LogP contribution in [0, 0.1) is 0 Å². The van der Waals surface area contributed by atoms with Gasteiger partial charge in [0.25, 0.3) is 0 Å². The van der Waals surface area contributed by atoms with Crippen LogP contribution in [0.25, 0.3) is 11.3 Å². The van der Waals surface area contributed by atoms with Gasteiger partial charge in [0.1, 0.15) is 5.75 Å². The quantitative estimate of drug-likeness (QED) is 0.891. The Kier molecular flexibility index (Phi) is 3.88. The normalized spacial score (nSPS) is 10.9. The van der Waals surface area contributed by atoms with Crippen LogP contribution < -0.4 is 10.1 Å². The Labute approximate surface area is 103 Å². The number of nitrogens with zero attached hydrogens (tertiary/aromatic N) is 1. The Hall–Kier alpha value is -1.95. The van der Waals surface area contributed by atoms with Gasteiger partial charge in [-0.2, -0.15) is 8.78 Å². The lowest BCUT2D eigenvalue weighted by Gasteiger charge is -2.04. The molecule has 1 aromatic heterocycles. The van der Waals surface area contributed by atoms with Gasteiger partial charge in [-0.15, -0.1) is 0 Å². The summed E-state index contributed by atoms with van der Waals surface area (Å²) in [6.45, 7) is -2.26. The van der Waals surface area contributed by atoms with Crippen LogP contribution in [0.1, 0.15) is 5.69 Å². The third-order valence-corrected chi connectivity index (χ3v) is 2.26. The van der Waals surface area contributed by atoms with E-state index in [2.05, 4.69) is 15.2 Å². The first-order valence-electron chi connectivity index (χ1n) is 5.34. The summed E-state index contributed by atoms with van der Waals surface area (Å²) in [6, 6.07) is 8.05. The number of hydrogen-bond donors (Lipinski definition) is 1. The third kappa shape index (κ3) is 3.04. The number of nitrogens with one attached hydrogen (secondary N) is 1. The summed E-state index contributed by atoms with van der Waals surface area (Å²) in [5.41, 5.74) is 1.38. The zero-order valence-electron chi connectivity index (χ0n) is 9.69. The van der Waals surface area contributed by atoms with E-state index < -0.39 is 6.61 Å². The van der Waals surface area contributed by atoms with E-state index in [4.69, 9.17) is 4.52 Å². The van der Waals surface area contributed by atoms with E-state index in [0.29, 0.717) is 17.9 Å². The fourth-order valence-electron chi connectivity index (χ4n) is 1.54. The van der Waals surface area contributed by atoms with Gasteiger partial charge in [0, 0.05) is 18.2 Å². The molecule has 6 heteroatoms. The minimum absolute atomic E-state index is 0.0917. The maximum absolute atomic E-state index is 12.1. The summed E-state index contributed by atoms with van der Waals surface area (Å²) in [5, 5.41) is 6.79. The van der Waals surface area contributed by atoms with E-state index in [-0.39, 0.29) is 5.75 Å².